The lowest BCUT2D eigenvalue weighted by molar-refractivity contribution is -0.116. The van der Waals surface area contributed by atoms with Gasteiger partial charge in [0, 0.05) is 23.3 Å². The highest BCUT2D eigenvalue weighted by atomic mass is 32.2. The van der Waals surface area contributed by atoms with E-state index in [1.807, 2.05) is 37.4 Å². The quantitative estimate of drug-likeness (QED) is 0.901. The molecule has 1 heterocycles. The summed E-state index contributed by atoms with van der Waals surface area (Å²) in [6.45, 7) is 2.48. The van der Waals surface area contributed by atoms with Gasteiger partial charge in [-0.25, -0.2) is 0 Å². The van der Waals surface area contributed by atoms with E-state index in [0.717, 1.165) is 40.5 Å². The molecule has 1 aromatic rings. The number of rotatable bonds is 4. The fourth-order valence-corrected chi connectivity index (χ4v) is 4.01. The van der Waals surface area contributed by atoms with Crippen LogP contribution in [0.4, 0.5) is 0 Å². The first-order chi connectivity index (χ1) is 11.7. The van der Waals surface area contributed by atoms with Crippen molar-refractivity contribution in [3.8, 4) is 11.8 Å². The molecule has 1 N–H and O–H groups in total. The summed E-state index contributed by atoms with van der Waals surface area (Å²) in [4.78, 5) is 12.7. The normalized spacial score (nSPS) is 20.4. The summed E-state index contributed by atoms with van der Waals surface area (Å²) < 4.78 is 5.77. The number of nitrogens with one attached hydrogen (secondary N) is 1. The lowest BCUT2D eigenvalue weighted by Gasteiger charge is -2.33. The van der Waals surface area contributed by atoms with Crippen LogP contribution in [0.2, 0.25) is 0 Å². The summed E-state index contributed by atoms with van der Waals surface area (Å²) in [5, 5.41) is 13.9. The minimum absolute atomic E-state index is 0.132. The molecule has 4 nitrogen and oxygen atoms in total. The Balaban J connectivity index is 2.21. The van der Waals surface area contributed by atoms with Crippen LogP contribution in [0.5, 0.6) is 5.75 Å². The summed E-state index contributed by atoms with van der Waals surface area (Å²) in [6, 6.07) is 10.0. The Kier molecular flexibility index (Phi) is 4.96. The number of nitrogens with zero attached hydrogens (tertiary/aromatic N) is 1. The maximum Gasteiger partial charge on any atom is 0.161 e. The number of ether oxygens (including phenoxy) is 1. The first kappa shape index (κ1) is 16.7. The van der Waals surface area contributed by atoms with E-state index in [1.165, 1.54) is 11.8 Å². The van der Waals surface area contributed by atoms with Crippen molar-refractivity contribution in [3.63, 3.8) is 0 Å². The van der Waals surface area contributed by atoms with Crippen LogP contribution in [0.25, 0.3) is 0 Å². The number of hydrogen-bond acceptors (Lipinski definition) is 5. The molecule has 0 amide bonds. The summed E-state index contributed by atoms with van der Waals surface area (Å²) in [5.41, 5.74) is 3.20. The van der Waals surface area contributed by atoms with Crippen molar-refractivity contribution < 1.29 is 9.53 Å². The Hall–Kier alpha value is -2.19. The molecule has 0 aromatic heterocycles. The Morgan fingerprint density at radius 3 is 2.88 bits per heavy atom. The van der Waals surface area contributed by atoms with Crippen molar-refractivity contribution in [2.24, 2.45) is 0 Å². The number of carbonyl (C=O) groups is 1. The van der Waals surface area contributed by atoms with E-state index in [4.69, 9.17) is 4.74 Å². The van der Waals surface area contributed by atoms with Gasteiger partial charge in [0.05, 0.1) is 29.2 Å². The van der Waals surface area contributed by atoms with Gasteiger partial charge in [0.1, 0.15) is 5.75 Å². The topological polar surface area (TPSA) is 62.1 Å². The van der Waals surface area contributed by atoms with Crippen molar-refractivity contribution in [1.29, 1.82) is 5.26 Å². The van der Waals surface area contributed by atoms with Gasteiger partial charge < -0.3 is 10.1 Å². The van der Waals surface area contributed by atoms with Gasteiger partial charge in [-0.2, -0.15) is 5.26 Å². The fourth-order valence-electron chi connectivity index (χ4n) is 3.40. The van der Waals surface area contributed by atoms with Crippen LogP contribution >= 0.6 is 11.8 Å². The Labute approximate surface area is 146 Å². The van der Waals surface area contributed by atoms with Crippen LogP contribution in [0, 0.1) is 11.3 Å². The second-order valence-electron chi connectivity index (χ2n) is 5.76. The third-order valence-corrected chi connectivity index (χ3v) is 5.13. The van der Waals surface area contributed by atoms with E-state index in [-0.39, 0.29) is 11.7 Å². The smallest absolute Gasteiger partial charge is 0.161 e. The lowest BCUT2D eigenvalue weighted by atomic mass is 9.76. The summed E-state index contributed by atoms with van der Waals surface area (Å²) >= 11 is 1.51. The molecule has 1 atom stereocenters. The van der Waals surface area contributed by atoms with Crippen LogP contribution in [0.15, 0.2) is 46.1 Å². The maximum atomic E-state index is 12.7. The molecule has 0 spiro atoms. The predicted octanol–water partition coefficient (Wildman–Crippen LogP) is 3.88. The van der Waals surface area contributed by atoms with Crippen LogP contribution in [0.1, 0.15) is 37.7 Å². The number of thioether (sulfide) groups is 1. The number of benzene rings is 1. The summed E-state index contributed by atoms with van der Waals surface area (Å²) in [5.74, 6) is 0.530. The van der Waals surface area contributed by atoms with Crippen LogP contribution in [0.3, 0.4) is 0 Å². The van der Waals surface area contributed by atoms with Gasteiger partial charge in [0.2, 0.25) is 0 Å². The number of dihydropyridines is 1. The van der Waals surface area contributed by atoms with Gasteiger partial charge in [-0.05, 0) is 32.1 Å². The van der Waals surface area contributed by atoms with Gasteiger partial charge in [-0.15, -0.1) is 11.8 Å². The molecule has 0 unspecified atom stereocenters. The molecular weight excluding hydrogens is 320 g/mol. The molecule has 1 aliphatic heterocycles. The number of allylic oxidation sites excluding steroid dienone is 3. The Bertz CT molecular complexity index is 774. The van der Waals surface area contributed by atoms with Crippen LogP contribution < -0.4 is 10.1 Å². The molecule has 0 radical (unpaired) electrons. The van der Waals surface area contributed by atoms with E-state index in [0.29, 0.717) is 18.6 Å². The van der Waals surface area contributed by atoms with Gasteiger partial charge in [0.15, 0.2) is 5.78 Å². The predicted molar refractivity (Wildman–Crippen MR) is 95.5 cm³/mol. The van der Waals surface area contributed by atoms with Gasteiger partial charge in [-0.3, -0.25) is 4.79 Å². The van der Waals surface area contributed by atoms with E-state index in [9.17, 15) is 10.1 Å². The summed E-state index contributed by atoms with van der Waals surface area (Å²) in [6.07, 6.45) is 4.19. The molecule has 0 saturated heterocycles. The van der Waals surface area contributed by atoms with Gasteiger partial charge >= 0.3 is 0 Å². The largest absolute Gasteiger partial charge is 0.494 e. The van der Waals surface area contributed by atoms with E-state index in [2.05, 4.69) is 11.4 Å². The summed E-state index contributed by atoms with van der Waals surface area (Å²) in [7, 11) is 0. The molecular formula is C19H20N2O2S. The number of ketones is 1. The zero-order valence-electron chi connectivity index (χ0n) is 13.9. The third kappa shape index (κ3) is 2.83. The SMILES string of the molecule is CCOc1ccccc1[C@H]1C(C#N)=C(SC)NC2=C1C(=O)CCC2. The standard InChI is InChI=1S/C19H20N2O2S/c1-3-23-16-10-5-4-7-12(16)17-13(11-20)19(24-2)21-14-8-6-9-15(22)18(14)17/h4-5,7,10,17,21H,3,6,8-9H2,1-2H3/t17-/m0/s1. The maximum absolute atomic E-state index is 12.7. The number of nitriles is 1. The fraction of sp³-hybridized carbons (Fsp3) is 0.368. The number of Topliss-reactive ketones (excluding diaryl/α,β-unsaturated/α-hetero) is 1. The Morgan fingerprint density at radius 2 is 2.17 bits per heavy atom. The van der Waals surface area contributed by atoms with Crippen molar-refractivity contribution in [1.82, 2.24) is 5.32 Å². The van der Waals surface area contributed by atoms with Gasteiger partial charge in [-0.1, -0.05) is 18.2 Å². The number of para-hydroxylation sites is 1. The van der Waals surface area contributed by atoms with E-state index < -0.39 is 0 Å². The lowest BCUT2D eigenvalue weighted by Crippen LogP contribution is -2.31. The van der Waals surface area contributed by atoms with Crippen molar-refractivity contribution >= 4 is 17.5 Å². The van der Waals surface area contributed by atoms with E-state index in [1.54, 1.807) is 0 Å². The second kappa shape index (κ2) is 7.14. The molecule has 1 aromatic carbocycles. The first-order valence-electron chi connectivity index (χ1n) is 8.14. The van der Waals surface area contributed by atoms with Crippen molar-refractivity contribution in [2.45, 2.75) is 32.1 Å². The first-order valence-corrected chi connectivity index (χ1v) is 9.37. The highest BCUT2D eigenvalue weighted by Crippen LogP contribution is 2.45. The van der Waals surface area contributed by atoms with Gasteiger partial charge in [0.25, 0.3) is 0 Å². The monoisotopic (exact) mass is 340 g/mol. The van der Waals surface area contributed by atoms with E-state index >= 15 is 0 Å². The molecule has 0 saturated carbocycles. The number of carbonyl (C=O) groups excluding carboxylic acids is 1. The zero-order valence-corrected chi connectivity index (χ0v) is 14.7. The molecule has 24 heavy (non-hydrogen) atoms. The second-order valence-corrected chi connectivity index (χ2v) is 6.57. The van der Waals surface area contributed by atoms with Crippen molar-refractivity contribution in [3.05, 3.63) is 51.7 Å². The molecule has 2 aliphatic rings. The molecule has 5 heteroatoms. The molecule has 1 aliphatic carbocycles. The highest BCUT2D eigenvalue weighted by molar-refractivity contribution is 8.02. The molecule has 0 fully saturated rings. The molecule has 0 bridgehead atoms. The average Bonchev–Trinajstić information content (AvgIpc) is 2.61. The average molecular weight is 340 g/mol. The Morgan fingerprint density at radius 1 is 1.38 bits per heavy atom. The van der Waals surface area contributed by atoms with Crippen LogP contribution in [-0.2, 0) is 4.79 Å². The zero-order chi connectivity index (χ0) is 17.1. The highest BCUT2D eigenvalue weighted by Gasteiger charge is 2.37. The molecule has 124 valence electrons. The van der Waals surface area contributed by atoms with Crippen LogP contribution in [-0.4, -0.2) is 18.6 Å². The third-order valence-electron chi connectivity index (χ3n) is 4.40. The van der Waals surface area contributed by atoms with Crippen molar-refractivity contribution in [2.75, 3.05) is 12.9 Å². The minimum Gasteiger partial charge on any atom is -0.494 e. The number of hydrogen-bond donors (Lipinski definition) is 1. The molecule has 3 rings (SSSR count). The minimum atomic E-state index is -0.343.